The molecule has 1 aliphatic carbocycles. The molecule has 2 aliphatic rings. The highest BCUT2D eigenvalue weighted by Gasteiger charge is 2.35. The molecule has 1 N–H and O–H groups in total. The summed E-state index contributed by atoms with van der Waals surface area (Å²) < 4.78 is 0.700. The van der Waals surface area contributed by atoms with Crippen LogP contribution in [0.1, 0.15) is 25.7 Å². The van der Waals surface area contributed by atoms with Crippen molar-refractivity contribution in [3.63, 3.8) is 0 Å². The first-order valence-corrected chi connectivity index (χ1v) is 4.79. The largest absolute Gasteiger partial charge is 0.500 e. The Balaban J connectivity index is 2.39. The summed E-state index contributed by atoms with van der Waals surface area (Å²) in [6.07, 6.45) is 5.98. The zero-order valence-corrected chi connectivity index (χ0v) is 7.77. The molecule has 0 aromatic rings. The first-order valence-electron chi connectivity index (χ1n) is 4.79. The maximum atomic E-state index is 11.5. The van der Waals surface area contributed by atoms with Crippen molar-refractivity contribution in [1.29, 1.82) is 0 Å². The van der Waals surface area contributed by atoms with Crippen molar-refractivity contribution in [3.8, 4) is 0 Å². The van der Waals surface area contributed by atoms with Crippen molar-refractivity contribution in [2.75, 3.05) is 0 Å². The van der Waals surface area contributed by atoms with Crippen LogP contribution < -0.4 is 0 Å². The fraction of sp³-hybridized carbons (Fsp3) is 0.500. The Morgan fingerprint density at radius 2 is 2.21 bits per heavy atom. The van der Waals surface area contributed by atoms with Crippen LogP contribution in [0.3, 0.4) is 0 Å². The van der Waals surface area contributed by atoms with E-state index in [1.807, 2.05) is 0 Å². The number of nitroso groups, excluding NO2 is 1. The van der Waals surface area contributed by atoms with Crippen LogP contribution in [0.2, 0.25) is 0 Å². The highest BCUT2D eigenvalue weighted by Crippen LogP contribution is 2.28. The first kappa shape index (κ1) is 9.12. The van der Waals surface area contributed by atoms with E-state index in [9.17, 15) is 14.8 Å². The number of hydrogen-bond donors (Lipinski definition) is 1. The Morgan fingerprint density at radius 3 is 3.00 bits per heavy atom. The fourth-order valence-corrected chi connectivity index (χ4v) is 1.99. The minimum Gasteiger partial charge on any atom is -0.500 e. The lowest BCUT2D eigenvalue weighted by molar-refractivity contribution is -0.515. The van der Waals surface area contributed by atoms with E-state index < -0.39 is 11.5 Å². The second-order valence-corrected chi connectivity index (χ2v) is 3.72. The SMILES string of the molecule is O=C1C=C2CCCCC2[N+](=O)C=C1O. The molecule has 1 fully saturated rings. The lowest BCUT2D eigenvalue weighted by Crippen LogP contribution is -2.24. The van der Waals surface area contributed by atoms with E-state index in [0.29, 0.717) is 4.76 Å². The molecule has 14 heavy (non-hydrogen) atoms. The van der Waals surface area contributed by atoms with Gasteiger partial charge in [0.15, 0.2) is 0 Å². The van der Waals surface area contributed by atoms with E-state index in [1.54, 1.807) is 0 Å². The lowest BCUT2D eigenvalue weighted by Gasteiger charge is -2.15. The Bertz CT molecular complexity index is 354. The minimum atomic E-state index is -0.457. The molecule has 1 heterocycles. The quantitative estimate of drug-likeness (QED) is 0.596. The van der Waals surface area contributed by atoms with Gasteiger partial charge in [-0.15, -0.1) is 0 Å². The van der Waals surface area contributed by atoms with Gasteiger partial charge in [-0.2, -0.15) is 0 Å². The predicted molar refractivity (Wildman–Crippen MR) is 49.7 cm³/mol. The van der Waals surface area contributed by atoms with Gasteiger partial charge in [0.05, 0.1) is 0 Å². The van der Waals surface area contributed by atoms with Gasteiger partial charge in [0.1, 0.15) is 0 Å². The summed E-state index contributed by atoms with van der Waals surface area (Å²) in [6, 6.07) is -0.239. The molecule has 4 nitrogen and oxygen atoms in total. The molecule has 0 aromatic heterocycles. The molecule has 0 spiro atoms. The molecule has 4 heteroatoms. The molecule has 1 atom stereocenters. The van der Waals surface area contributed by atoms with Gasteiger partial charge in [0, 0.05) is 21.7 Å². The maximum absolute atomic E-state index is 11.5. The molecular weight excluding hydrogens is 182 g/mol. The molecule has 0 aromatic carbocycles. The highest BCUT2D eigenvalue weighted by molar-refractivity contribution is 6.02. The fourth-order valence-electron chi connectivity index (χ4n) is 1.99. The number of fused-ring (bicyclic) bond motifs is 1. The molecule has 1 saturated carbocycles. The predicted octanol–water partition coefficient (Wildman–Crippen LogP) is 1.62. The molecular formula is C10H12NO3+. The summed E-state index contributed by atoms with van der Waals surface area (Å²) in [6.45, 7) is 0. The van der Waals surface area contributed by atoms with Crippen LogP contribution >= 0.6 is 0 Å². The summed E-state index contributed by atoms with van der Waals surface area (Å²) in [7, 11) is 0. The van der Waals surface area contributed by atoms with Gasteiger partial charge < -0.3 is 5.11 Å². The molecule has 0 saturated heterocycles. The Kier molecular flexibility index (Phi) is 2.19. The van der Waals surface area contributed by atoms with Gasteiger partial charge in [-0.3, -0.25) is 4.79 Å². The lowest BCUT2D eigenvalue weighted by atomic mass is 9.89. The number of allylic oxidation sites excluding steroid dienone is 1. The van der Waals surface area contributed by atoms with E-state index in [4.69, 9.17) is 0 Å². The molecule has 74 valence electrons. The van der Waals surface area contributed by atoms with Crippen molar-refractivity contribution < 1.29 is 14.7 Å². The monoisotopic (exact) mass is 194 g/mol. The van der Waals surface area contributed by atoms with Crippen molar-refractivity contribution >= 4 is 5.78 Å². The van der Waals surface area contributed by atoms with Crippen LogP contribution in [0.4, 0.5) is 0 Å². The topological polar surface area (TPSA) is 57.4 Å². The van der Waals surface area contributed by atoms with Gasteiger partial charge in [0.2, 0.25) is 17.6 Å². The van der Waals surface area contributed by atoms with Crippen molar-refractivity contribution in [3.05, 3.63) is 28.5 Å². The summed E-state index contributed by atoms with van der Waals surface area (Å²) in [5.74, 6) is -0.910. The van der Waals surface area contributed by atoms with Crippen LogP contribution in [0.5, 0.6) is 0 Å². The molecule has 0 radical (unpaired) electrons. The van der Waals surface area contributed by atoms with E-state index in [2.05, 4.69) is 0 Å². The summed E-state index contributed by atoms with van der Waals surface area (Å²) in [5, 5.41) is 9.20. The zero-order valence-electron chi connectivity index (χ0n) is 7.77. The molecule has 0 amide bonds. The summed E-state index contributed by atoms with van der Waals surface area (Å²) in [5.41, 5.74) is 0.858. The van der Waals surface area contributed by atoms with Gasteiger partial charge >= 0.3 is 0 Å². The first-order chi connectivity index (χ1) is 6.68. The summed E-state index contributed by atoms with van der Waals surface area (Å²) >= 11 is 0. The van der Waals surface area contributed by atoms with E-state index >= 15 is 0 Å². The van der Waals surface area contributed by atoms with Crippen molar-refractivity contribution in [1.82, 2.24) is 0 Å². The van der Waals surface area contributed by atoms with Crippen LogP contribution in [0.25, 0.3) is 0 Å². The number of carbonyl (C=O) groups excluding carboxylic acids is 1. The van der Waals surface area contributed by atoms with E-state index in [0.717, 1.165) is 37.5 Å². The Labute approximate surface area is 81.5 Å². The van der Waals surface area contributed by atoms with Gasteiger partial charge in [-0.05, 0) is 25.3 Å². The number of aliphatic hydroxyl groups excluding tert-OH is 1. The van der Waals surface area contributed by atoms with Crippen LogP contribution in [-0.2, 0) is 4.79 Å². The van der Waals surface area contributed by atoms with Gasteiger partial charge in [-0.1, -0.05) is 0 Å². The molecule has 1 unspecified atom stereocenters. The van der Waals surface area contributed by atoms with Gasteiger partial charge in [0.25, 0.3) is 6.20 Å². The number of carbonyl (C=O) groups is 1. The number of aliphatic hydroxyl groups is 1. The number of hydrogen-bond acceptors (Lipinski definition) is 3. The normalized spacial score (nSPS) is 27.6. The zero-order chi connectivity index (χ0) is 10.1. The van der Waals surface area contributed by atoms with Crippen LogP contribution in [0.15, 0.2) is 23.6 Å². The Hall–Kier alpha value is -1.45. The van der Waals surface area contributed by atoms with Crippen molar-refractivity contribution in [2.45, 2.75) is 31.7 Å². The molecule has 0 bridgehead atoms. The third-order valence-corrected chi connectivity index (χ3v) is 2.75. The Morgan fingerprint density at radius 1 is 1.43 bits per heavy atom. The smallest absolute Gasteiger partial charge is 0.267 e. The molecule has 2 rings (SSSR count). The number of nitrogens with zero attached hydrogens (tertiary/aromatic N) is 1. The van der Waals surface area contributed by atoms with Crippen molar-refractivity contribution in [2.24, 2.45) is 0 Å². The maximum Gasteiger partial charge on any atom is 0.267 e. The second kappa shape index (κ2) is 3.36. The average molecular weight is 194 g/mol. The highest BCUT2D eigenvalue weighted by atomic mass is 16.3. The second-order valence-electron chi connectivity index (χ2n) is 3.72. The average Bonchev–Trinajstić information content (AvgIpc) is 2.27. The van der Waals surface area contributed by atoms with Gasteiger partial charge in [-0.25, -0.2) is 0 Å². The minimum absolute atomic E-state index is 0.239. The molecule has 1 aliphatic heterocycles. The van der Waals surface area contributed by atoms with Crippen LogP contribution in [-0.4, -0.2) is 21.7 Å². The number of rotatable bonds is 0. The number of ketones is 1. The van der Waals surface area contributed by atoms with Crippen LogP contribution in [0, 0.1) is 4.91 Å². The third-order valence-electron chi connectivity index (χ3n) is 2.75. The summed E-state index contributed by atoms with van der Waals surface area (Å²) in [4.78, 5) is 22.7. The standard InChI is InChI=1S/C10H11NO3/c12-9-5-7-3-1-2-4-8(7)11(14)6-10(9)13/h5-6,8H,1-4H2/p+1. The third kappa shape index (κ3) is 1.47. The van der Waals surface area contributed by atoms with E-state index in [1.165, 1.54) is 6.08 Å². The van der Waals surface area contributed by atoms with E-state index in [-0.39, 0.29) is 6.04 Å².